The van der Waals surface area contributed by atoms with Crippen LogP contribution in [0.4, 0.5) is 5.69 Å². The highest BCUT2D eigenvalue weighted by Gasteiger charge is 2.22. The molecule has 2 aromatic rings. The second-order valence-electron chi connectivity index (χ2n) is 5.16. The number of ether oxygens (including phenoxy) is 1. The van der Waals surface area contributed by atoms with Crippen LogP contribution in [0.25, 0.3) is 0 Å². The Morgan fingerprint density at radius 2 is 1.65 bits per heavy atom. The Morgan fingerprint density at radius 3 is 2.22 bits per heavy atom. The van der Waals surface area contributed by atoms with Gasteiger partial charge in [-0.25, -0.2) is 4.90 Å². The molecule has 0 heterocycles. The lowest BCUT2D eigenvalue weighted by molar-refractivity contribution is 0.0996. The van der Waals surface area contributed by atoms with Gasteiger partial charge in [-0.2, -0.15) is 0 Å². The van der Waals surface area contributed by atoms with Crippen LogP contribution in [0.2, 0.25) is 0 Å². The van der Waals surface area contributed by atoms with Gasteiger partial charge in [0.15, 0.2) is 0 Å². The summed E-state index contributed by atoms with van der Waals surface area (Å²) in [6.45, 7) is 6.16. The van der Waals surface area contributed by atoms with Gasteiger partial charge in [0.2, 0.25) is 0 Å². The third-order valence-corrected chi connectivity index (χ3v) is 3.48. The molecule has 0 aliphatic heterocycles. The van der Waals surface area contributed by atoms with E-state index in [9.17, 15) is 4.79 Å². The lowest BCUT2D eigenvalue weighted by Crippen LogP contribution is -2.37. The largest absolute Gasteiger partial charge is 0.470 e. The zero-order valence-corrected chi connectivity index (χ0v) is 13.9. The van der Waals surface area contributed by atoms with Crippen molar-refractivity contribution in [1.82, 2.24) is 0 Å². The normalized spacial score (nSPS) is 9.96. The van der Waals surface area contributed by atoms with E-state index in [1.807, 2.05) is 55.5 Å². The Hall–Kier alpha value is -2.46. The van der Waals surface area contributed by atoms with Gasteiger partial charge in [-0.1, -0.05) is 42.0 Å². The molecule has 0 fully saturated rings. The average molecular weight is 325 g/mol. The minimum atomic E-state index is -0.211. The highest BCUT2D eigenvalue weighted by molar-refractivity contribution is 7.80. The summed E-state index contributed by atoms with van der Waals surface area (Å²) in [4.78, 5) is 14.2. The van der Waals surface area contributed by atoms with Crippen LogP contribution in [0.5, 0.6) is 0 Å². The molecule has 3 nitrogen and oxygen atoms in total. The highest BCUT2D eigenvalue weighted by Crippen LogP contribution is 2.18. The van der Waals surface area contributed by atoms with E-state index in [1.165, 1.54) is 4.90 Å². The summed E-state index contributed by atoms with van der Waals surface area (Å²) < 4.78 is 5.59. The first kappa shape index (κ1) is 16.9. The van der Waals surface area contributed by atoms with E-state index in [0.29, 0.717) is 24.3 Å². The molecule has 0 aliphatic rings. The summed E-state index contributed by atoms with van der Waals surface area (Å²) in [6.07, 6.45) is 0.697. The monoisotopic (exact) mass is 325 g/mol. The van der Waals surface area contributed by atoms with Crippen LogP contribution < -0.4 is 4.90 Å². The Bertz CT molecular complexity index is 683. The minimum absolute atomic E-state index is 0.145. The van der Waals surface area contributed by atoms with Crippen molar-refractivity contribution in [2.45, 2.75) is 13.3 Å². The van der Waals surface area contributed by atoms with E-state index in [1.54, 1.807) is 12.1 Å². The van der Waals surface area contributed by atoms with E-state index in [0.717, 1.165) is 5.57 Å². The van der Waals surface area contributed by atoms with Gasteiger partial charge in [-0.15, -0.1) is 6.58 Å². The smallest absolute Gasteiger partial charge is 0.271 e. The van der Waals surface area contributed by atoms with E-state index < -0.39 is 0 Å². The minimum Gasteiger partial charge on any atom is -0.470 e. The predicted octanol–water partition coefficient (Wildman–Crippen LogP) is 4.60. The van der Waals surface area contributed by atoms with Crippen molar-refractivity contribution in [3.05, 3.63) is 78.4 Å². The van der Waals surface area contributed by atoms with Gasteiger partial charge < -0.3 is 4.74 Å². The second-order valence-corrected chi connectivity index (χ2v) is 5.51. The summed E-state index contributed by atoms with van der Waals surface area (Å²) in [5.41, 5.74) is 2.25. The van der Waals surface area contributed by atoms with Crippen molar-refractivity contribution in [3.8, 4) is 0 Å². The molecular weight excluding hydrogens is 306 g/mol. The maximum absolute atomic E-state index is 12.8. The first-order valence-corrected chi connectivity index (χ1v) is 7.76. The highest BCUT2D eigenvalue weighted by atomic mass is 32.1. The molecule has 0 N–H and O–H groups in total. The van der Waals surface area contributed by atoms with Crippen molar-refractivity contribution in [2.75, 3.05) is 11.5 Å². The SMILES string of the molecule is C=C(C)CCOC(=S)N(C(=O)c1ccccc1)c1ccccc1. The molecule has 0 aromatic heterocycles. The number of amides is 1. The Morgan fingerprint density at radius 1 is 1.09 bits per heavy atom. The van der Waals surface area contributed by atoms with Crippen molar-refractivity contribution >= 4 is 29.0 Å². The molecule has 118 valence electrons. The van der Waals surface area contributed by atoms with Crippen molar-refractivity contribution < 1.29 is 9.53 Å². The van der Waals surface area contributed by atoms with E-state index >= 15 is 0 Å². The van der Waals surface area contributed by atoms with E-state index in [4.69, 9.17) is 17.0 Å². The number of rotatable bonds is 5. The number of carbonyl (C=O) groups excluding carboxylic acids is 1. The number of hydrogen-bond acceptors (Lipinski definition) is 3. The number of para-hydroxylation sites is 1. The molecular formula is C19H19NO2S. The summed E-state index contributed by atoms with van der Waals surface area (Å²) in [6, 6.07) is 18.3. The molecule has 1 amide bonds. The zero-order chi connectivity index (χ0) is 16.7. The summed E-state index contributed by atoms with van der Waals surface area (Å²) in [5.74, 6) is -0.211. The van der Waals surface area contributed by atoms with Gasteiger partial charge >= 0.3 is 0 Å². The topological polar surface area (TPSA) is 29.5 Å². The zero-order valence-electron chi connectivity index (χ0n) is 13.1. The maximum atomic E-state index is 12.8. The summed E-state index contributed by atoms with van der Waals surface area (Å²) >= 11 is 5.34. The molecule has 0 unspecified atom stereocenters. The molecule has 0 saturated heterocycles. The van der Waals surface area contributed by atoms with Gasteiger partial charge in [0.05, 0.1) is 12.3 Å². The van der Waals surface area contributed by atoms with Crippen LogP contribution in [0, 0.1) is 0 Å². The van der Waals surface area contributed by atoms with Gasteiger partial charge in [-0.05, 0) is 43.4 Å². The molecule has 0 saturated carbocycles. The van der Waals surface area contributed by atoms with Gasteiger partial charge in [0, 0.05) is 12.0 Å². The van der Waals surface area contributed by atoms with Crippen molar-refractivity contribution in [1.29, 1.82) is 0 Å². The van der Waals surface area contributed by atoms with Crippen LogP contribution in [0.1, 0.15) is 23.7 Å². The number of nitrogens with zero attached hydrogens (tertiary/aromatic N) is 1. The number of benzene rings is 2. The average Bonchev–Trinajstić information content (AvgIpc) is 2.56. The number of hydrogen-bond donors (Lipinski definition) is 0. The first-order valence-electron chi connectivity index (χ1n) is 7.35. The molecule has 0 bridgehead atoms. The predicted molar refractivity (Wildman–Crippen MR) is 97.7 cm³/mol. The van der Waals surface area contributed by atoms with Gasteiger partial charge in [-0.3, -0.25) is 4.79 Å². The molecule has 0 radical (unpaired) electrons. The fraction of sp³-hybridized carbons (Fsp3) is 0.158. The Kier molecular flexibility index (Phi) is 6.06. The maximum Gasteiger partial charge on any atom is 0.271 e. The molecule has 0 spiro atoms. The number of thiocarbonyl (C=S) groups is 1. The standard InChI is InChI=1S/C19H19NO2S/c1-15(2)13-14-22-19(23)20(17-11-7-4-8-12-17)18(21)16-9-5-3-6-10-16/h3-12H,1,13-14H2,2H3. The van der Waals surface area contributed by atoms with Gasteiger partial charge in [0.1, 0.15) is 0 Å². The summed E-state index contributed by atoms with van der Waals surface area (Å²) in [7, 11) is 0. The summed E-state index contributed by atoms with van der Waals surface area (Å²) in [5, 5.41) is 0.145. The molecule has 4 heteroatoms. The fourth-order valence-electron chi connectivity index (χ4n) is 1.97. The lowest BCUT2D eigenvalue weighted by atomic mass is 10.2. The van der Waals surface area contributed by atoms with E-state index in [-0.39, 0.29) is 11.1 Å². The molecule has 2 rings (SSSR count). The Balaban J connectivity index is 2.24. The van der Waals surface area contributed by atoms with Gasteiger partial charge in [0.25, 0.3) is 11.1 Å². The number of anilines is 1. The van der Waals surface area contributed by atoms with Crippen LogP contribution in [-0.4, -0.2) is 17.7 Å². The van der Waals surface area contributed by atoms with Crippen molar-refractivity contribution in [2.24, 2.45) is 0 Å². The second kappa shape index (κ2) is 8.25. The third kappa shape index (κ3) is 4.76. The van der Waals surface area contributed by atoms with Crippen LogP contribution in [-0.2, 0) is 4.74 Å². The Labute approximate surface area is 142 Å². The number of carbonyl (C=O) groups is 1. The molecule has 2 aromatic carbocycles. The lowest BCUT2D eigenvalue weighted by Gasteiger charge is -2.23. The first-order chi connectivity index (χ1) is 11.1. The molecule has 23 heavy (non-hydrogen) atoms. The molecule has 0 aliphatic carbocycles. The molecule has 0 atom stereocenters. The van der Waals surface area contributed by atoms with E-state index in [2.05, 4.69) is 6.58 Å². The van der Waals surface area contributed by atoms with Crippen molar-refractivity contribution in [3.63, 3.8) is 0 Å². The van der Waals surface area contributed by atoms with Crippen LogP contribution in [0.15, 0.2) is 72.8 Å². The van der Waals surface area contributed by atoms with Crippen LogP contribution >= 0.6 is 12.2 Å². The quantitative estimate of drug-likeness (QED) is 0.594. The van der Waals surface area contributed by atoms with Crippen LogP contribution in [0.3, 0.4) is 0 Å². The third-order valence-electron chi connectivity index (χ3n) is 3.18. The fourth-order valence-corrected chi connectivity index (χ4v) is 2.24.